The normalized spacial score (nSPS) is 11.3. The van der Waals surface area contributed by atoms with Crippen LogP contribution in [-0.2, 0) is 6.54 Å². The first kappa shape index (κ1) is 15.4. The molecule has 4 aromatic heterocycles. The van der Waals surface area contributed by atoms with Crippen molar-refractivity contribution in [2.45, 2.75) is 13.5 Å². The van der Waals surface area contributed by atoms with Crippen molar-refractivity contribution >= 4 is 5.65 Å². The van der Waals surface area contributed by atoms with E-state index in [-0.39, 0.29) is 0 Å². The molecule has 5 aromatic rings. The third-order valence-corrected chi connectivity index (χ3v) is 4.25. The molecule has 0 N–H and O–H groups in total. The summed E-state index contributed by atoms with van der Waals surface area (Å²) in [6.07, 6.45) is 7.39. The molecule has 8 heteroatoms. The van der Waals surface area contributed by atoms with Crippen molar-refractivity contribution in [2.24, 2.45) is 0 Å². The number of hydrogen-bond donors (Lipinski definition) is 0. The summed E-state index contributed by atoms with van der Waals surface area (Å²) < 4.78 is 8.96. The number of benzene rings is 1. The first-order chi connectivity index (χ1) is 13.3. The Bertz CT molecular complexity index is 1230. The highest BCUT2D eigenvalue weighted by Gasteiger charge is 2.10. The van der Waals surface area contributed by atoms with Crippen molar-refractivity contribution in [1.29, 1.82) is 0 Å². The summed E-state index contributed by atoms with van der Waals surface area (Å²) in [6.45, 7) is 2.21. The van der Waals surface area contributed by atoms with Gasteiger partial charge in [-0.15, -0.1) is 10.2 Å². The summed E-state index contributed by atoms with van der Waals surface area (Å²) in [4.78, 5) is 4.43. The van der Waals surface area contributed by atoms with Crippen LogP contribution in [0.2, 0.25) is 0 Å². The molecule has 0 atom stereocenters. The largest absolute Gasteiger partial charge is 0.424 e. The summed E-state index contributed by atoms with van der Waals surface area (Å²) in [6, 6.07) is 12.0. The predicted molar refractivity (Wildman–Crippen MR) is 97.8 cm³/mol. The lowest BCUT2D eigenvalue weighted by Gasteiger charge is -2.02. The highest BCUT2D eigenvalue weighted by Crippen LogP contribution is 2.27. The molecule has 0 spiro atoms. The van der Waals surface area contributed by atoms with Gasteiger partial charge in [0.25, 0.3) is 0 Å². The molecular formula is C19H15N7O. The van der Waals surface area contributed by atoms with Gasteiger partial charge < -0.3 is 4.42 Å². The van der Waals surface area contributed by atoms with Gasteiger partial charge in [0.2, 0.25) is 11.8 Å². The molecule has 0 bridgehead atoms. The van der Waals surface area contributed by atoms with Crippen LogP contribution in [0, 0.1) is 6.92 Å². The summed E-state index contributed by atoms with van der Waals surface area (Å²) >= 11 is 0. The van der Waals surface area contributed by atoms with Gasteiger partial charge in [0.05, 0.1) is 11.9 Å². The van der Waals surface area contributed by atoms with Gasteiger partial charge >= 0.3 is 0 Å². The maximum absolute atomic E-state index is 5.41. The molecule has 0 unspecified atom stereocenters. The van der Waals surface area contributed by atoms with E-state index in [9.17, 15) is 0 Å². The fourth-order valence-electron chi connectivity index (χ4n) is 3.02. The number of hydrogen-bond acceptors (Lipinski definition) is 6. The van der Waals surface area contributed by atoms with E-state index < -0.39 is 0 Å². The van der Waals surface area contributed by atoms with Gasteiger partial charge in [-0.1, -0.05) is 18.2 Å². The monoisotopic (exact) mass is 357 g/mol. The summed E-state index contributed by atoms with van der Waals surface area (Å²) in [5, 5.41) is 16.8. The Morgan fingerprint density at radius 1 is 1.04 bits per heavy atom. The molecule has 0 aliphatic rings. The number of aromatic nitrogens is 7. The van der Waals surface area contributed by atoms with Crippen LogP contribution in [0.1, 0.15) is 11.8 Å². The van der Waals surface area contributed by atoms with Crippen molar-refractivity contribution in [3.8, 4) is 22.4 Å². The zero-order valence-electron chi connectivity index (χ0n) is 14.5. The smallest absolute Gasteiger partial charge is 0.237 e. The Morgan fingerprint density at radius 2 is 1.96 bits per heavy atom. The van der Waals surface area contributed by atoms with E-state index in [1.54, 1.807) is 22.3 Å². The average Bonchev–Trinajstić information content (AvgIpc) is 3.42. The van der Waals surface area contributed by atoms with Crippen LogP contribution in [0.4, 0.5) is 0 Å². The standard InChI is InChI=1S/C19H15N7O/c1-13-22-23-18(27-13)12-25-9-6-17(24-25)15-5-2-4-14(10-15)16-11-21-26-8-3-7-20-19(16)26/h2-11H,12H2,1H3. The number of nitrogens with zero attached hydrogens (tertiary/aromatic N) is 7. The van der Waals surface area contributed by atoms with E-state index in [4.69, 9.17) is 4.42 Å². The zero-order chi connectivity index (χ0) is 18.2. The minimum absolute atomic E-state index is 0.443. The van der Waals surface area contributed by atoms with E-state index in [0.717, 1.165) is 28.0 Å². The van der Waals surface area contributed by atoms with E-state index in [2.05, 4.69) is 31.4 Å². The molecule has 132 valence electrons. The van der Waals surface area contributed by atoms with Gasteiger partial charge in [-0.05, 0) is 23.8 Å². The SMILES string of the molecule is Cc1nnc(Cn2ccc(-c3cccc(-c4cnn5cccnc45)c3)n2)o1. The maximum atomic E-state index is 5.41. The Hall–Kier alpha value is -3.81. The van der Waals surface area contributed by atoms with Crippen LogP contribution >= 0.6 is 0 Å². The Balaban J connectivity index is 1.47. The molecule has 0 fully saturated rings. The van der Waals surface area contributed by atoms with Crippen LogP contribution in [-0.4, -0.2) is 34.6 Å². The van der Waals surface area contributed by atoms with Crippen LogP contribution < -0.4 is 0 Å². The number of rotatable bonds is 4. The molecule has 8 nitrogen and oxygen atoms in total. The van der Waals surface area contributed by atoms with Crippen molar-refractivity contribution < 1.29 is 4.42 Å². The molecule has 5 rings (SSSR count). The van der Waals surface area contributed by atoms with Gasteiger partial charge in [0.1, 0.15) is 6.54 Å². The van der Waals surface area contributed by atoms with Gasteiger partial charge in [0.15, 0.2) is 5.65 Å². The number of aryl methyl sites for hydroxylation is 1. The molecule has 0 saturated heterocycles. The highest BCUT2D eigenvalue weighted by atomic mass is 16.4. The van der Waals surface area contributed by atoms with Crippen molar-refractivity contribution in [3.63, 3.8) is 0 Å². The average molecular weight is 357 g/mol. The van der Waals surface area contributed by atoms with Crippen molar-refractivity contribution in [3.05, 3.63) is 73.0 Å². The quantitative estimate of drug-likeness (QED) is 0.491. The molecular weight excluding hydrogens is 342 g/mol. The molecule has 1 aromatic carbocycles. The predicted octanol–water partition coefficient (Wildman–Crippen LogP) is 3.00. The summed E-state index contributed by atoms with van der Waals surface area (Å²) in [5.41, 5.74) is 4.74. The second-order valence-corrected chi connectivity index (χ2v) is 6.14. The third-order valence-electron chi connectivity index (χ3n) is 4.25. The fraction of sp³-hybridized carbons (Fsp3) is 0.105. The maximum Gasteiger partial charge on any atom is 0.237 e. The third kappa shape index (κ3) is 2.86. The van der Waals surface area contributed by atoms with Gasteiger partial charge in [0, 0.05) is 36.6 Å². The number of fused-ring (bicyclic) bond motifs is 1. The molecule has 27 heavy (non-hydrogen) atoms. The van der Waals surface area contributed by atoms with Crippen LogP contribution in [0.25, 0.3) is 28.0 Å². The topological polar surface area (TPSA) is 86.9 Å². The first-order valence-corrected chi connectivity index (χ1v) is 8.48. The molecule has 0 amide bonds. The van der Waals surface area contributed by atoms with Crippen LogP contribution in [0.3, 0.4) is 0 Å². The second-order valence-electron chi connectivity index (χ2n) is 6.14. The minimum Gasteiger partial charge on any atom is -0.424 e. The summed E-state index contributed by atoms with van der Waals surface area (Å²) in [5.74, 6) is 1.08. The van der Waals surface area contributed by atoms with Gasteiger partial charge in [-0.2, -0.15) is 10.2 Å². The van der Waals surface area contributed by atoms with E-state index >= 15 is 0 Å². The lowest BCUT2D eigenvalue weighted by molar-refractivity contribution is 0.444. The molecule has 0 saturated carbocycles. The first-order valence-electron chi connectivity index (χ1n) is 8.48. The Morgan fingerprint density at radius 3 is 2.85 bits per heavy atom. The Labute approximate surface area is 154 Å². The molecule has 4 heterocycles. The van der Waals surface area contributed by atoms with Crippen molar-refractivity contribution in [1.82, 2.24) is 34.6 Å². The van der Waals surface area contributed by atoms with E-state index in [0.29, 0.717) is 18.3 Å². The minimum atomic E-state index is 0.443. The molecule has 0 radical (unpaired) electrons. The van der Waals surface area contributed by atoms with Crippen molar-refractivity contribution in [2.75, 3.05) is 0 Å². The van der Waals surface area contributed by atoms with Crippen LogP contribution in [0.15, 0.2) is 65.6 Å². The van der Waals surface area contributed by atoms with E-state index in [1.165, 1.54) is 0 Å². The van der Waals surface area contributed by atoms with Gasteiger partial charge in [-0.25, -0.2) is 9.50 Å². The highest BCUT2D eigenvalue weighted by molar-refractivity contribution is 5.79. The van der Waals surface area contributed by atoms with Gasteiger partial charge in [-0.3, -0.25) is 4.68 Å². The lowest BCUT2D eigenvalue weighted by Crippen LogP contribution is -2.00. The molecule has 0 aliphatic carbocycles. The zero-order valence-corrected chi connectivity index (χ0v) is 14.5. The molecule has 0 aliphatic heterocycles. The summed E-state index contributed by atoms with van der Waals surface area (Å²) in [7, 11) is 0. The van der Waals surface area contributed by atoms with E-state index in [1.807, 2.05) is 48.9 Å². The van der Waals surface area contributed by atoms with Crippen LogP contribution in [0.5, 0.6) is 0 Å². The second kappa shape index (κ2) is 6.17. The lowest BCUT2D eigenvalue weighted by atomic mass is 10.0. The fourth-order valence-corrected chi connectivity index (χ4v) is 3.02. The Kier molecular flexibility index (Phi) is 3.53.